The third-order valence-corrected chi connectivity index (χ3v) is 3.08. The Hall–Kier alpha value is -2.57. The third-order valence-electron chi connectivity index (χ3n) is 3.08. The maximum atomic E-state index is 12.4. The van der Waals surface area contributed by atoms with Crippen molar-refractivity contribution in [2.24, 2.45) is 0 Å². The molecule has 1 atom stereocenters. The highest BCUT2D eigenvalue weighted by molar-refractivity contribution is 5.91. The number of aliphatic carboxylic acids is 1. The molecule has 7 heteroatoms. The quantitative estimate of drug-likeness (QED) is 0.733. The predicted octanol–water partition coefficient (Wildman–Crippen LogP) is 1.71. The SMILES string of the molecule is CC(C)(C)OC(=O)N[C@](C)(Cc1ccccc1)C(=O)NCC(=O)O. The fourth-order valence-electron chi connectivity index (χ4n) is 2.07. The lowest BCUT2D eigenvalue weighted by Gasteiger charge is -2.31. The van der Waals surface area contributed by atoms with Crippen molar-refractivity contribution in [3.8, 4) is 0 Å². The summed E-state index contributed by atoms with van der Waals surface area (Å²) in [5, 5.41) is 13.6. The highest BCUT2D eigenvalue weighted by atomic mass is 16.6. The molecule has 7 nitrogen and oxygen atoms in total. The Morgan fingerprint density at radius 3 is 2.17 bits per heavy atom. The molecule has 0 aliphatic rings. The molecule has 1 aromatic carbocycles. The van der Waals surface area contributed by atoms with Crippen LogP contribution < -0.4 is 10.6 Å². The van der Waals surface area contributed by atoms with Crippen LogP contribution in [0.25, 0.3) is 0 Å². The van der Waals surface area contributed by atoms with Gasteiger partial charge in [0, 0.05) is 6.42 Å². The molecule has 0 radical (unpaired) electrons. The monoisotopic (exact) mass is 336 g/mol. The van der Waals surface area contributed by atoms with E-state index in [1.807, 2.05) is 30.3 Å². The van der Waals surface area contributed by atoms with Gasteiger partial charge in [0.05, 0.1) is 0 Å². The van der Waals surface area contributed by atoms with Crippen molar-refractivity contribution in [2.45, 2.75) is 45.3 Å². The van der Waals surface area contributed by atoms with Gasteiger partial charge >= 0.3 is 12.1 Å². The van der Waals surface area contributed by atoms with E-state index in [1.165, 1.54) is 6.92 Å². The zero-order valence-corrected chi connectivity index (χ0v) is 14.4. The minimum atomic E-state index is -1.35. The molecule has 0 bridgehead atoms. The summed E-state index contributed by atoms with van der Waals surface area (Å²) in [6.45, 7) is 6.14. The minimum absolute atomic E-state index is 0.193. The molecule has 3 N–H and O–H groups in total. The van der Waals surface area contributed by atoms with Crippen molar-refractivity contribution < 1.29 is 24.2 Å². The second kappa shape index (κ2) is 7.81. The molecule has 0 saturated heterocycles. The van der Waals surface area contributed by atoms with E-state index in [1.54, 1.807) is 20.8 Å². The first-order valence-corrected chi connectivity index (χ1v) is 7.57. The second-order valence-electron chi connectivity index (χ2n) is 6.70. The normalized spacial score (nSPS) is 13.5. The third kappa shape index (κ3) is 6.68. The molecule has 2 amide bonds. The number of nitrogens with one attached hydrogen (secondary N) is 2. The lowest BCUT2D eigenvalue weighted by atomic mass is 9.92. The number of carboxylic acids is 1. The van der Waals surface area contributed by atoms with Gasteiger partial charge in [-0.3, -0.25) is 9.59 Å². The van der Waals surface area contributed by atoms with E-state index in [4.69, 9.17) is 9.84 Å². The standard InChI is InChI=1S/C17H24N2O5/c1-16(2,3)24-15(23)19-17(4,14(22)18-11-13(20)21)10-12-8-6-5-7-9-12/h5-9H,10-11H2,1-4H3,(H,18,22)(H,19,23)(H,20,21)/t17-/m1/s1. The molecular weight excluding hydrogens is 312 g/mol. The number of carboxylic acid groups (broad SMARTS) is 1. The van der Waals surface area contributed by atoms with Crippen LogP contribution in [0.15, 0.2) is 30.3 Å². The highest BCUT2D eigenvalue weighted by Crippen LogP contribution is 2.16. The van der Waals surface area contributed by atoms with E-state index in [0.717, 1.165) is 5.56 Å². The van der Waals surface area contributed by atoms with Crippen LogP contribution in [0.2, 0.25) is 0 Å². The van der Waals surface area contributed by atoms with E-state index >= 15 is 0 Å². The van der Waals surface area contributed by atoms with Gasteiger partial charge in [0.15, 0.2) is 0 Å². The molecule has 132 valence electrons. The van der Waals surface area contributed by atoms with Crippen LogP contribution in [0.4, 0.5) is 4.79 Å². The van der Waals surface area contributed by atoms with E-state index in [0.29, 0.717) is 0 Å². The van der Waals surface area contributed by atoms with Gasteiger partial charge in [-0.2, -0.15) is 0 Å². The van der Waals surface area contributed by atoms with Gasteiger partial charge in [-0.25, -0.2) is 4.79 Å². The Morgan fingerprint density at radius 2 is 1.67 bits per heavy atom. The summed E-state index contributed by atoms with van der Waals surface area (Å²) in [7, 11) is 0. The Labute approximate surface area is 141 Å². The Kier molecular flexibility index (Phi) is 6.34. The molecule has 0 aromatic heterocycles. The number of alkyl carbamates (subject to hydrolysis) is 1. The summed E-state index contributed by atoms with van der Waals surface area (Å²) >= 11 is 0. The van der Waals surface area contributed by atoms with E-state index in [-0.39, 0.29) is 6.42 Å². The minimum Gasteiger partial charge on any atom is -0.480 e. The van der Waals surface area contributed by atoms with Gasteiger partial charge in [0.1, 0.15) is 17.7 Å². The van der Waals surface area contributed by atoms with Crippen LogP contribution in [-0.4, -0.2) is 40.8 Å². The molecule has 1 aromatic rings. The number of ether oxygens (including phenoxy) is 1. The van der Waals surface area contributed by atoms with Crippen LogP contribution in [0.3, 0.4) is 0 Å². The van der Waals surface area contributed by atoms with E-state index in [9.17, 15) is 14.4 Å². The molecule has 0 aliphatic heterocycles. The first-order valence-electron chi connectivity index (χ1n) is 7.57. The molecule has 0 saturated carbocycles. The molecule has 0 unspecified atom stereocenters. The van der Waals surface area contributed by atoms with Gasteiger partial charge in [-0.05, 0) is 33.3 Å². The summed E-state index contributed by atoms with van der Waals surface area (Å²) in [5.74, 6) is -1.76. The average Bonchev–Trinajstić information content (AvgIpc) is 2.43. The van der Waals surface area contributed by atoms with Crippen molar-refractivity contribution in [1.82, 2.24) is 10.6 Å². The van der Waals surface area contributed by atoms with Crippen molar-refractivity contribution in [1.29, 1.82) is 0 Å². The Bertz CT molecular complexity index is 595. The molecule has 24 heavy (non-hydrogen) atoms. The number of hydrogen-bond donors (Lipinski definition) is 3. The summed E-state index contributed by atoms with van der Waals surface area (Å²) in [6.07, 6.45) is -0.551. The van der Waals surface area contributed by atoms with Crippen LogP contribution in [0.5, 0.6) is 0 Å². The second-order valence-corrected chi connectivity index (χ2v) is 6.70. The summed E-state index contributed by atoms with van der Waals surface area (Å²) in [5.41, 5.74) is -1.24. The Morgan fingerprint density at radius 1 is 1.08 bits per heavy atom. The zero-order chi connectivity index (χ0) is 18.4. The fraction of sp³-hybridized carbons (Fsp3) is 0.471. The van der Waals surface area contributed by atoms with E-state index in [2.05, 4.69) is 10.6 Å². The van der Waals surface area contributed by atoms with Gasteiger partial charge < -0.3 is 20.5 Å². The summed E-state index contributed by atoms with van der Waals surface area (Å²) < 4.78 is 5.20. The molecule has 0 fully saturated rings. The van der Waals surface area contributed by atoms with Crippen LogP contribution in [0, 0.1) is 0 Å². The highest BCUT2D eigenvalue weighted by Gasteiger charge is 2.36. The number of hydrogen-bond acceptors (Lipinski definition) is 4. The number of carbonyl (C=O) groups excluding carboxylic acids is 2. The maximum Gasteiger partial charge on any atom is 0.408 e. The zero-order valence-electron chi connectivity index (χ0n) is 14.4. The van der Waals surface area contributed by atoms with Crippen molar-refractivity contribution >= 4 is 18.0 Å². The Balaban J connectivity index is 2.94. The summed E-state index contributed by atoms with van der Waals surface area (Å²) in [6, 6.07) is 9.11. The molecule has 0 aliphatic carbocycles. The molecule has 0 spiro atoms. The number of benzene rings is 1. The van der Waals surface area contributed by atoms with Gasteiger partial charge in [-0.1, -0.05) is 30.3 Å². The smallest absolute Gasteiger partial charge is 0.408 e. The van der Waals surface area contributed by atoms with E-state index < -0.39 is 35.7 Å². The molecular formula is C17H24N2O5. The van der Waals surface area contributed by atoms with Crippen LogP contribution >= 0.6 is 0 Å². The van der Waals surface area contributed by atoms with Crippen molar-refractivity contribution in [3.63, 3.8) is 0 Å². The van der Waals surface area contributed by atoms with Gasteiger partial charge in [0.25, 0.3) is 0 Å². The topological polar surface area (TPSA) is 105 Å². The lowest BCUT2D eigenvalue weighted by Crippen LogP contribution is -2.59. The largest absolute Gasteiger partial charge is 0.480 e. The van der Waals surface area contributed by atoms with Crippen LogP contribution in [-0.2, 0) is 20.7 Å². The fourth-order valence-corrected chi connectivity index (χ4v) is 2.07. The number of amides is 2. The van der Waals surface area contributed by atoms with Crippen molar-refractivity contribution in [2.75, 3.05) is 6.54 Å². The first kappa shape index (κ1) is 19.5. The predicted molar refractivity (Wildman–Crippen MR) is 88.6 cm³/mol. The maximum absolute atomic E-state index is 12.4. The van der Waals surface area contributed by atoms with Crippen LogP contribution in [0.1, 0.15) is 33.3 Å². The van der Waals surface area contributed by atoms with Gasteiger partial charge in [-0.15, -0.1) is 0 Å². The van der Waals surface area contributed by atoms with Gasteiger partial charge in [0.2, 0.25) is 5.91 Å². The summed E-state index contributed by atoms with van der Waals surface area (Å²) in [4.78, 5) is 35.2. The molecule has 1 rings (SSSR count). The first-order chi connectivity index (χ1) is 11.0. The average molecular weight is 336 g/mol. The number of carbonyl (C=O) groups is 3. The number of rotatable bonds is 6. The van der Waals surface area contributed by atoms with Crippen molar-refractivity contribution in [3.05, 3.63) is 35.9 Å². The molecule has 0 heterocycles. The lowest BCUT2D eigenvalue weighted by molar-refractivity contribution is -0.138.